The zero-order valence-electron chi connectivity index (χ0n) is 8.44. The van der Waals surface area contributed by atoms with Gasteiger partial charge in [-0.2, -0.15) is 8.42 Å². The van der Waals surface area contributed by atoms with Crippen LogP contribution in [0.15, 0.2) is 29.2 Å². The van der Waals surface area contributed by atoms with Gasteiger partial charge in [0.05, 0.1) is 11.5 Å². The highest BCUT2D eigenvalue weighted by Crippen LogP contribution is 2.13. The zero-order valence-corrected chi connectivity index (χ0v) is 10.8. The average Bonchev–Trinajstić information content (AvgIpc) is 2.18. The topological polar surface area (TPSA) is 43.4 Å². The smallest absolute Gasteiger partial charge is 0.266 e. The van der Waals surface area contributed by atoms with Gasteiger partial charge in [0, 0.05) is 5.33 Å². The van der Waals surface area contributed by atoms with Crippen molar-refractivity contribution in [2.24, 2.45) is 0 Å². The monoisotopic (exact) mass is 292 g/mol. The van der Waals surface area contributed by atoms with Crippen LogP contribution in [-0.2, 0) is 14.3 Å². The van der Waals surface area contributed by atoms with Gasteiger partial charge in [0.25, 0.3) is 10.1 Å². The molecule has 84 valence electrons. The number of alkyl halides is 1. The summed E-state index contributed by atoms with van der Waals surface area (Å²) in [7, 11) is -3.57. The van der Waals surface area contributed by atoms with E-state index in [9.17, 15) is 8.42 Å². The second kappa shape index (κ2) is 5.63. The van der Waals surface area contributed by atoms with Crippen LogP contribution in [-0.4, -0.2) is 20.4 Å². The van der Waals surface area contributed by atoms with E-state index < -0.39 is 10.1 Å². The molecule has 15 heavy (non-hydrogen) atoms. The number of rotatable bonds is 5. The number of hydrogen-bond donors (Lipinski definition) is 0. The quantitative estimate of drug-likeness (QED) is 0.476. The molecule has 0 N–H and O–H groups in total. The van der Waals surface area contributed by atoms with E-state index in [2.05, 4.69) is 15.9 Å². The molecule has 1 aromatic rings. The third-order valence-corrected chi connectivity index (χ3v) is 3.71. The van der Waals surface area contributed by atoms with Crippen LogP contribution in [0.25, 0.3) is 0 Å². The third-order valence-electron chi connectivity index (χ3n) is 1.83. The lowest BCUT2D eigenvalue weighted by Crippen LogP contribution is -2.07. The summed E-state index contributed by atoms with van der Waals surface area (Å²) in [6, 6.07) is 6.61. The minimum atomic E-state index is -3.57. The Hall–Kier alpha value is -0.390. The van der Waals surface area contributed by atoms with Gasteiger partial charge in [-0.3, -0.25) is 4.18 Å². The first-order chi connectivity index (χ1) is 7.06. The van der Waals surface area contributed by atoms with Crippen LogP contribution in [0.5, 0.6) is 0 Å². The summed E-state index contributed by atoms with van der Waals surface area (Å²) in [5, 5.41) is 0.733. The zero-order chi connectivity index (χ0) is 11.3. The van der Waals surface area contributed by atoms with Crippen molar-refractivity contribution in [2.75, 3.05) is 11.9 Å². The average molecular weight is 293 g/mol. The fraction of sp³-hybridized carbons (Fsp3) is 0.400. The molecular weight excluding hydrogens is 280 g/mol. The largest absolute Gasteiger partial charge is 0.296 e. The van der Waals surface area contributed by atoms with Gasteiger partial charge in [0.15, 0.2) is 0 Å². The Kier molecular flexibility index (Phi) is 4.76. The standard InChI is InChI=1S/C10H13BrO3S/c1-9-3-5-10(6-4-9)15(12,13)14-8-2-7-11/h3-6H,2,7-8H2,1H3. The maximum absolute atomic E-state index is 11.6. The SMILES string of the molecule is Cc1ccc(S(=O)(=O)OCCCBr)cc1. The molecule has 0 heterocycles. The molecule has 0 aliphatic carbocycles. The van der Waals surface area contributed by atoms with Gasteiger partial charge < -0.3 is 0 Å². The van der Waals surface area contributed by atoms with Crippen molar-refractivity contribution in [3.8, 4) is 0 Å². The highest BCUT2D eigenvalue weighted by molar-refractivity contribution is 9.09. The summed E-state index contributed by atoms with van der Waals surface area (Å²) >= 11 is 3.21. The molecule has 0 aromatic heterocycles. The van der Waals surface area contributed by atoms with Crippen LogP contribution in [0.4, 0.5) is 0 Å². The lowest BCUT2D eigenvalue weighted by atomic mass is 10.2. The molecule has 3 nitrogen and oxygen atoms in total. The molecule has 0 saturated carbocycles. The van der Waals surface area contributed by atoms with Crippen LogP contribution >= 0.6 is 15.9 Å². The molecule has 0 bridgehead atoms. The molecule has 5 heteroatoms. The molecule has 0 spiro atoms. The van der Waals surface area contributed by atoms with Crippen LogP contribution in [0.2, 0.25) is 0 Å². The molecule has 0 aliphatic heterocycles. The van der Waals surface area contributed by atoms with Crippen LogP contribution in [0.3, 0.4) is 0 Å². The van der Waals surface area contributed by atoms with Crippen molar-refractivity contribution < 1.29 is 12.6 Å². The molecule has 0 fully saturated rings. The maximum Gasteiger partial charge on any atom is 0.296 e. The van der Waals surface area contributed by atoms with Gasteiger partial charge in [-0.05, 0) is 25.5 Å². The summed E-state index contributed by atoms with van der Waals surface area (Å²) in [6.07, 6.45) is 0.672. The fourth-order valence-electron chi connectivity index (χ4n) is 0.996. The van der Waals surface area contributed by atoms with E-state index in [0.717, 1.165) is 10.9 Å². The summed E-state index contributed by atoms with van der Waals surface area (Å²) in [5.41, 5.74) is 1.02. The van der Waals surface area contributed by atoms with Crippen molar-refractivity contribution in [3.05, 3.63) is 29.8 Å². The molecule has 0 unspecified atom stereocenters. The Morgan fingerprint density at radius 3 is 2.40 bits per heavy atom. The Morgan fingerprint density at radius 1 is 1.27 bits per heavy atom. The van der Waals surface area contributed by atoms with Gasteiger partial charge in [-0.1, -0.05) is 33.6 Å². The third kappa shape index (κ3) is 3.93. The Balaban J connectivity index is 2.73. The summed E-state index contributed by atoms with van der Waals surface area (Å²) in [4.78, 5) is 0.211. The molecule has 0 radical (unpaired) electrons. The Bertz CT molecular complexity index is 397. The van der Waals surface area contributed by atoms with Crippen LogP contribution < -0.4 is 0 Å². The maximum atomic E-state index is 11.6. The van der Waals surface area contributed by atoms with Gasteiger partial charge in [0.2, 0.25) is 0 Å². The second-order valence-electron chi connectivity index (χ2n) is 3.13. The number of benzene rings is 1. The van der Waals surface area contributed by atoms with Crippen LogP contribution in [0.1, 0.15) is 12.0 Å². The van der Waals surface area contributed by atoms with Crippen molar-refractivity contribution in [3.63, 3.8) is 0 Å². The normalized spacial score (nSPS) is 11.6. The Labute approximate surface area is 98.7 Å². The number of halogens is 1. The first kappa shape index (κ1) is 12.7. The molecule has 0 saturated heterocycles. The minimum absolute atomic E-state index is 0.210. The van der Waals surface area contributed by atoms with E-state index >= 15 is 0 Å². The van der Waals surface area contributed by atoms with Crippen molar-refractivity contribution >= 4 is 26.0 Å². The summed E-state index contributed by atoms with van der Waals surface area (Å²) < 4.78 is 28.0. The summed E-state index contributed by atoms with van der Waals surface area (Å²) in [6.45, 7) is 2.11. The summed E-state index contributed by atoms with van der Waals surface area (Å²) in [5.74, 6) is 0. The lowest BCUT2D eigenvalue weighted by molar-refractivity contribution is 0.319. The van der Waals surface area contributed by atoms with Crippen molar-refractivity contribution in [1.29, 1.82) is 0 Å². The van der Waals surface area contributed by atoms with Gasteiger partial charge in [-0.15, -0.1) is 0 Å². The highest BCUT2D eigenvalue weighted by Gasteiger charge is 2.13. The van der Waals surface area contributed by atoms with E-state index in [0.29, 0.717) is 6.42 Å². The van der Waals surface area contributed by atoms with Crippen LogP contribution in [0, 0.1) is 6.92 Å². The van der Waals surface area contributed by atoms with E-state index in [4.69, 9.17) is 4.18 Å². The minimum Gasteiger partial charge on any atom is -0.266 e. The predicted molar refractivity (Wildman–Crippen MR) is 62.7 cm³/mol. The fourth-order valence-corrected chi connectivity index (χ4v) is 2.17. The number of aryl methyl sites for hydroxylation is 1. The molecule has 0 atom stereocenters. The van der Waals surface area contributed by atoms with Gasteiger partial charge in [-0.25, -0.2) is 0 Å². The first-order valence-corrected chi connectivity index (χ1v) is 7.11. The second-order valence-corrected chi connectivity index (χ2v) is 5.54. The molecule has 1 aromatic carbocycles. The van der Waals surface area contributed by atoms with E-state index in [1.54, 1.807) is 24.3 Å². The van der Waals surface area contributed by atoms with Gasteiger partial charge >= 0.3 is 0 Å². The molecule has 0 amide bonds. The van der Waals surface area contributed by atoms with E-state index in [-0.39, 0.29) is 11.5 Å². The molecule has 1 rings (SSSR count). The van der Waals surface area contributed by atoms with Crippen molar-refractivity contribution in [2.45, 2.75) is 18.2 Å². The first-order valence-electron chi connectivity index (χ1n) is 4.58. The Morgan fingerprint density at radius 2 is 1.87 bits per heavy atom. The molecule has 0 aliphatic rings. The van der Waals surface area contributed by atoms with Crippen molar-refractivity contribution in [1.82, 2.24) is 0 Å². The molecular formula is C10H13BrO3S. The lowest BCUT2D eigenvalue weighted by Gasteiger charge is -2.04. The highest BCUT2D eigenvalue weighted by atomic mass is 79.9. The van der Waals surface area contributed by atoms with E-state index in [1.165, 1.54) is 0 Å². The number of hydrogen-bond acceptors (Lipinski definition) is 3. The van der Waals surface area contributed by atoms with E-state index in [1.807, 2.05) is 6.92 Å². The predicted octanol–water partition coefficient (Wildman–Crippen LogP) is 2.49. The van der Waals surface area contributed by atoms with Gasteiger partial charge in [0.1, 0.15) is 0 Å².